The van der Waals surface area contributed by atoms with Crippen LogP contribution in [-0.4, -0.2) is 44.0 Å². The van der Waals surface area contributed by atoms with Gasteiger partial charge in [-0.05, 0) is 23.8 Å². The Hall–Kier alpha value is -2.96. The Labute approximate surface area is 140 Å². The highest BCUT2D eigenvalue weighted by molar-refractivity contribution is 5.93. The average Bonchev–Trinajstić information content (AvgIpc) is 3.12. The molecular formula is C17H20N2O5. The lowest BCUT2D eigenvalue weighted by Crippen LogP contribution is -2.10. The van der Waals surface area contributed by atoms with Gasteiger partial charge in [-0.3, -0.25) is 0 Å². The fourth-order valence-electron chi connectivity index (χ4n) is 2.26. The Morgan fingerprint density at radius 2 is 1.79 bits per heavy atom. The van der Waals surface area contributed by atoms with Crippen molar-refractivity contribution in [3.8, 4) is 17.2 Å². The first-order valence-corrected chi connectivity index (χ1v) is 7.17. The Bertz CT molecular complexity index is 698. The van der Waals surface area contributed by atoms with Crippen LogP contribution in [0.4, 0.5) is 0 Å². The molecule has 0 fully saturated rings. The summed E-state index contributed by atoms with van der Waals surface area (Å²) in [6.07, 6.45) is 6.77. The predicted molar refractivity (Wildman–Crippen MR) is 88.3 cm³/mol. The van der Waals surface area contributed by atoms with Gasteiger partial charge in [0.05, 0.1) is 46.9 Å². The van der Waals surface area contributed by atoms with E-state index in [0.29, 0.717) is 29.4 Å². The van der Waals surface area contributed by atoms with Crippen LogP contribution < -0.4 is 14.2 Å². The minimum Gasteiger partial charge on any atom is -0.493 e. The number of esters is 1. The maximum Gasteiger partial charge on any atom is 0.335 e. The van der Waals surface area contributed by atoms with Crippen molar-refractivity contribution in [2.45, 2.75) is 6.54 Å². The van der Waals surface area contributed by atoms with Gasteiger partial charge in [0.2, 0.25) is 5.75 Å². The second-order valence-corrected chi connectivity index (χ2v) is 4.85. The molecule has 0 bridgehead atoms. The first kappa shape index (κ1) is 17.4. The molecule has 0 aliphatic carbocycles. The molecule has 0 amide bonds. The molecule has 128 valence electrons. The molecular weight excluding hydrogens is 312 g/mol. The monoisotopic (exact) mass is 332 g/mol. The Morgan fingerprint density at radius 3 is 2.25 bits per heavy atom. The van der Waals surface area contributed by atoms with Gasteiger partial charge in [0.25, 0.3) is 0 Å². The van der Waals surface area contributed by atoms with Gasteiger partial charge in [-0.15, -0.1) is 0 Å². The quantitative estimate of drug-likeness (QED) is 0.571. The Balaban J connectivity index is 2.45. The van der Waals surface area contributed by atoms with Gasteiger partial charge >= 0.3 is 5.97 Å². The van der Waals surface area contributed by atoms with Crippen LogP contribution >= 0.6 is 0 Å². The van der Waals surface area contributed by atoms with Crippen LogP contribution in [0.5, 0.6) is 17.2 Å². The van der Waals surface area contributed by atoms with Gasteiger partial charge in [-0.25, -0.2) is 9.78 Å². The standard InChI is InChI=1S/C17H20N2O5/c1-21-14-8-12(9-15(22-2)16(14)23-3)7-13(17(20)24-4)10-19-6-5-18-11-19/h5-9,11H,10H2,1-4H3/b13-7+. The van der Waals surface area contributed by atoms with Crippen molar-refractivity contribution < 1.29 is 23.7 Å². The lowest BCUT2D eigenvalue weighted by Gasteiger charge is -2.13. The van der Waals surface area contributed by atoms with Crippen molar-refractivity contribution in [3.63, 3.8) is 0 Å². The third-order valence-electron chi connectivity index (χ3n) is 3.39. The van der Waals surface area contributed by atoms with Gasteiger partial charge < -0.3 is 23.5 Å². The first-order valence-electron chi connectivity index (χ1n) is 7.17. The maximum atomic E-state index is 12.1. The second-order valence-electron chi connectivity index (χ2n) is 4.85. The molecule has 2 aromatic rings. The van der Waals surface area contributed by atoms with Crippen molar-refractivity contribution in [2.75, 3.05) is 28.4 Å². The summed E-state index contributed by atoms with van der Waals surface area (Å²) in [6.45, 7) is 0.337. The number of benzene rings is 1. The normalized spacial score (nSPS) is 11.1. The van der Waals surface area contributed by atoms with Crippen LogP contribution in [0.25, 0.3) is 6.08 Å². The van der Waals surface area contributed by atoms with Crippen molar-refractivity contribution in [1.29, 1.82) is 0 Å². The molecule has 0 aliphatic rings. The molecule has 7 heteroatoms. The van der Waals surface area contributed by atoms with Crippen molar-refractivity contribution >= 4 is 12.0 Å². The van der Waals surface area contributed by atoms with E-state index in [4.69, 9.17) is 18.9 Å². The van der Waals surface area contributed by atoms with E-state index < -0.39 is 5.97 Å². The first-order chi connectivity index (χ1) is 11.6. The summed E-state index contributed by atoms with van der Waals surface area (Å²) in [5.74, 6) is 1.09. The largest absolute Gasteiger partial charge is 0.493 e. The summed E-state index contributed by atoms with van der Waals surface area (Å²) in [5, 5.41) is 0. The maximum absolute atomic E-state index is 12.1. The third-order valence-corrected chi connectivity index (χ3v) is 3.39. The molecule has 1 aromatic heterocycles. The van der Waals surface area contributed by atoms with E-state index in [9.17, 15) is 4.79 Å². The Kier molecular flexibility index (Phi) is 5.83. The highest BCUT2D eigenvalue weighted by Gasteiger charge is 2.15. The van der Waals surface area contributed by atoms with Crippen molar-refractivity contribution in [2.24, 2.45) is 0 Å². The number of carbonyl (C=O) groups excluding carboxylic acids is 1. The number of ether oxygens (including phenoxy) is 4. The number of carbonyl (C=O) groups is 1. The molecule has 0 radical (unpaired) electrons. The van der Waals surface area contributed by atoms with Crippen LogP contribution in [0.1, 0.15) is 5.56 Å². The summed E-state index contributed by atoms with van der Waals surface area (Å²) in [4.78, 5) is 16.0. The highest BCUT2D eigenvalue weighted by atomic mass is 16.5. The van der Waals surface area contributed by atoms with Gasteiger partial charge in [-0.2, -0.15) is 0 Å². The fraction of sp³-hybridized carbons (Fsp3) is 0.294. The zero-order valence-corrected chi connectivity index (χ0v) is 14.1. The molecule has 0 unspecified atom stereocenters. The summed E-state index contributed by atoms with van der Waals surface area (Å²) in [7, 11) is 5.96. The fourth-order valence-corrected chi connectivity index (χ4v) is 2.26. The lowest BCUT2D eigenvalue weighted by atomic mass is 10.1. The molecule has 0 spiro atoms. The summed E-state index contributed by atoms with van der Waals surface area (Å²) in [5.41, 5.74) is 1.19. The Morgan fingerprint density at radius 1 is 1.12 bits per heavy atom. The van der Waals surface area contributed by atoms with Crippen LogP contribution in [0, 0.1) is 0 Å². The number of nitrogens with zero attached hydrogens (tertiary/aromatic N) is 2. The van der Waals surface area contributed by atoms with E-state index in [1.165, 1.54) is 28.4 Å². The van der Waals surface area contributed by atoms with E-state index in [2.05, 4.69) is 4.98 Å². The van der Waals surface area contributed by atoms with Crippen LogP contribution in [0.3, 0.4) is 0 Å². The molecule has 0 atom stereocenters. The molecule has 7 nitrogen and oxygen atoms in total. The predicted octanol–water partition coefficient (Wildman–Crippen LogP) is 2.17. The van der Waals surface area contributed by atoms with Crippen LogP contribution in [0.2, 0.25) is 0 Å². The molecule has 0 saturated carbocycles. The second kappa shape index (κ2) is 8.05. The number of methoxy groups -OCH3 is 4. The topological polar surface area (TPSA) is 71.8 Å². The summed E-state index contributed by atoms with van der Waals surface area (Å²) < 4.78 is 22.6. The molecule has 1 heterocycles. The zero-order chi connectivity index (χ0) is 17.5. The molecule has 24 heavy (non-hydrogen) atoms. The lowest BCUT2D eigenvalue weighted by molar-refractivity contribution is -0.136. The third kappa shape index (κ3) is 3.87. The van der Waals surface area contributed by atoms with Crippen molar-refractivity contribution in [1.82, 2.24) is 9.55 Å². The highest BCUT2D eigenvalue weighted by Crippen LogP contribution is 2.38. The molecule has 0 aliphatic heterocycles. The molecule has 0 N–H and O–H groups in total. The van der Waals surface area contributed by atoms with Gasteiger partial charge in [0.1, 0.15) is 0 Å². The average molecular weight is 332 g/mol. The SMILES string of the molecule is COC(=O)/C(=C/c1cc(OC)c(OC)c(OC)c1)Cn1ccnc1. The molecule has 2 rings (SSSR count). The van der Waals surface area contributed by atoms with E-state index in [-0.39, 0.29) is 0 Å². The van der Waals surface area contributed by atoms with E-state index in [0.717, 1.165) is 5.56 Å². The van der Waals surface area contributed by atoms with Crippen LogP contribution in [-0.2, 0) is 16.1 Å². The zero-order valence-electron chi connectivity index (χ0n) is 14.1. The molecule has 1 aromatic carbocycles. The van der Waals surface area contributed by atoms with Gasteiger partial charge in [0, 0.05) is 12.4 Å². The van der Waals surface area contributed by atoms with Gasteiger partial charge in [0.15, 0.2) is 11.5 Å². The van der Waals surface area contributed by atoms with E-state index in [1.54, 1.807) is 41.5 Å². The number of imidazole rings is 1. The van der Waals surface area contributed by atoms with Gasteiger partial charge in [-0.1, -0.05) is 0 Å². The number of hydrogen-bond acceptors (Lipinski definition) is 6. The summed E-state index contributed by atoms with van der Waals surface area (Å²) in [6, 6.07) is 3.52. The minimum atomic E-state index is -0.419. The van der Waals surface area contributed by atoms with E-state index in [1.807, 2.05) is 0 Å². The number of rotatable bonds is 7. The minimum absolute atomic E-state index is 0.337. The smallest absolute Gasteiger partial charge is 0.335 e. The number of hydrogen-bond donors (Lipinski definition) is 0. The van der Waals surface area contributed by atoms with Crippen molar-refractivity contribution in [3.05, 3.63) is 42.0 Å². The summed E-state index contributed by atoms with van der Waals surface area (Å²) >= 11 is 0. The number of aromatic nitrogens is 2. The molecule has 0 saturated heterocycles. The van der Waals surface area contributed by atoms with Crippen LogP contribution in [0.15, 0.2) is 36.4 Å². The van der Waals surface area contributed by atoms with E-state index >= 15 is 0 Å².